The maximum Gasteiger partial charge on any atom is 0.234 e. The average Bonchev–Trinajstić information content (AvgIpc) is 2.51. The number of rotatable bonds is 4. The molecule has 3 N–H and O–H groups in total. The summed E-state index contributed by atoms with van der Waals surface area (Å²) in [6.45, 7) is 3.43. The minimum Gasteiger partial charge on any atom is -0.380 e. The number of carbonyl (C=O) groups is 1. The lowest BCUT2D eigenvalue weighted by Crippen LogP contribution is -2.46. The number of carbonyl (C=O) groups excluding carboxylic acids is 1. The van der Waals surface area contributed by atoms with Crippen LogP contribution >= 0.6 is 0 Å². The fourth-order valence-electron chi connectivity index (χ4n) is 1.35. The van der Waals surface area contributed by atoms with Crippen LogP contribution in [0.3, 0.4) is 0 Å². The zero-order chi connectivity index (χ0) is 8.97. The zero-order valence-corrected chi connectivity index (χ0v) is 7.38. The molecule has 0 aromatic rings. The Hall–Kier alpha value is -0.610. The first kappa shape index (κ1) is 9.48. The minimum absolute atomic E-state index is 0.198. The first-order valence-corrected chi connectivity index (χ1v) is 4.37. The van der Waals surface area contributed by atoms with E-state index in [2.05, 4.69) is 5.32 Å². The van der Waals surface area contributed by atoms with Crippen LogP contribution in [0.4, 0.5) is 0 Å². The van der Waals surface area contributed by atoms with Gasteiger partial charge in [-0.3, -0.25) is 4.79 Å². The summed E-state index contributed by atoms with van der Waals surface area (Å²) < 4.78 is 5.17. The molecule has 0 bridgehead atoms. The summed E-state index contributed by atoms with van der Waals surface area (Å²) in [4.78, 5) is 10.8. The molecule has 1 aliphatic heterocycles. The summed E-state index contributed by atoms with van der Waals surface area (Å²) >= 11 is 0. The van der Waals surface area contributed by atoms with Gasteiger partial charge in [0.15, 0.2) is 0 Å². The van der Waals surface area contributed by atoms with E-state index in [0.29, 0.717) is 12.6 Å². The van der Waals surface area contributed by atoms with E-state index >= 15 is 0 Å². The SMILES string of the molecule is CCC(NC1CCOC1)C(N)=O. The second-order valence-electron chi connectivity index (χ2n) is 3.09. The third-order valence-electron chi connectivity index (χ3n) is 2.12. The summed E-state index contributed by atoms with van der Waals surface area (Å²) in [7, 11) is 0. The van der Waals surface area contributed by atoms with Crippen molar-refractivity contribution in [2.75, 3.05) is 13.2 Å². The summed E-state index contributed by atoms with van der Waals surface area (Å²) in [6, 6.07) is 0.110. The Balaban J connectivity index is 2.30. The quantitative estimate of drug-likeness (QED) is 0.608. The van der Waals surface area contributed by atoms with Crippen molar-refractivity contribution < 1.29 is 9.53 Å². The van der Waals surface area contributed by atoms with E-state index in [1.807, 2.05) is 6.92 Å². The van der Waals surface area contributed by atoms with Gasteiger partial charge in [0.05, 0.1) is 12.6 Å². The zero-order valence-electron chi connectivity index (χ0n) is 7.38. The van der Waals surface area contributed by atoms with E-state index in [-0.39, 0.29) is 11.9 Å². The molecule has 12 heavy (non-hydrogen) atoms. The second kappa shape index (κ2) is 4.42. The van der Waals surface area contributed by atoms with Gasteiger partial charge in [-0.15, -0.1) is 0 Å². The highest BCUT2D eigenvalue weighted by Gasteiger charge is 2.21. The fraction of sp³-hybridized carbons (Fsp3) is 0.875. The maximum atomic E-state index is 10.8. The number of nitrogens with one attached hydrogen (secondary N) is 1. The molecular formula is C8H16N2O2. The van der Waals surface area contributed by atoms with Gasteiger partial charge in [-0.2, -0.15) is 0 Å². The Labute approximate surface area is 72.5 Å². The average molecular weight is 172 g/mol. The molecule has 0 aromatic heterocycles. The smallest absolute Gasteiger partial charge is 0.234 e. The molecule has 1 rings (SSSR count). The maximum absolute atomic E-state index is 10.8. The van der Waals surface area contributed by atoms with Gasteiger partial charge in [0.2, 0.25) is 5.91 Å². The highest BCUT2D eigenvalue weighted by molar-refractivity contribution is 5.79. The molecule has 1 aliphatic rings. The predicted octanol–water partition coefficient (Wildman–Crippen LogP) is -0.371. The van der Waals surface area contributed by atoms with E-state index in [9.17, 15) is 4.79 Å². The van der Waals surface area contributed by atoms with E-state index in [0.717, 1.165) is 19.4 Å². The first-order chi connectivity index (χ1) is 5.74. The molecule has 0 saturated carbocycles. The monoisotopic (exact) mass is 172 g/mol. The Morgan fingerprint density at radius 2 is 2.58 bits per heavy atom. The van der Waals surface area contributed by atoms with Gasteiger partial charge in [0.1, 0.15) is 0 Å². The topological polar surface area (TPSA) is 64.3 Å². The molecule has 0 aromatic carbocycles. The number of nitrogens with two attached hydrogens (primary N) is 1. The lowest BCUT2D eigenvalue weighted by molar-refractivity contribution is -0.120. The Morgan fingerprint density at radius 3 is 3.00 bits per heavy atom. The molecule has 2 unspecified atom stereocenters. The van der Waals surface area contributed by atoms with E-state index < -0.39 is 0 Å². The van der Waals surface area contributed by atoms with Gasteiger partial charge in [0, 0.05) is 12.6 Å². The first-order valence-electron chi connectivity index (χ1n) is 4.37. The van der Waals surface area contributed by atoms with Crippen LogP contribution in [-0.4, -0.2) is 31.2 Å². The summed E-state index contributed by atoms with van der Waals surface area (Å²) in [6.07, 6.45) is 1.72. The van der Waals surface area contributed by atoms with E-state index in [1.165, 1.54) is 0 Å². The van der Waals surface area contributed by atoms with Crippen LogP contribution in [0.2, 0.25) is 0 Å². The lowest BCUT2D eigenvalue weighted by Gasteiger charge is -2.17. The fourth-order valence-corrected chi connectivity index (χ4v) is 1.35. The number of hydrogen-bond donors (Lipinski definition) is 2. The van der Waals surface area contributed by atoms with Gasteiger partial charge in [-0.1, -0.05) is 6.92 Å². The standard InChI is InChI=1S/C8H16N2O2/c1-2-7(8(9)11)10-6-3-4-12-5-6/h6-7,10H,2-5H2,1H3,(H2,9,11). The molecule has 1 heterocycles. The van der Waals surface area contributed by atoms with Crippen molar-refractivity contribution in [3.05, 3.63) is 0 Å². The number of primary amides is 1. The lowest BCUT2D eigenvalue weighted by atomic mass is 10.1. The molecular weight excluding hydrogens is 156 g/mol. The third-order valence-corrected chi connectivity index (χ3v) is 2.12. The molecule has 0 spiro atoms. The van der Waals surface area contributed by atoms with Crippen LogP contribution in [0.15, 0.2) is 0 Å². The normalized spacial score (nSPS) is 25.6. The van der Waals surface area contributed by atoms with Crippen LogP contribution < -0.4 is 11.1 Å². The number of ether oxygens (including phenoxy) is 1. The number of hydrogen-bond acceptors (Lipinski definition) is 3. The van der Waals surface area contributed by atoms with Crippen molar-refractivity contribution in [2.45, 2.75) is 31.8 Å². The van der Waals surface area contributed by atoms with Gasteiger partial charge >= 0.3 is 0 Å². The molecule has 70 valence electrons. The summed E-state index contributed by atoms with van der Waals surface area (Å²) in [5.74, 6) is -0.274. The van der Waals surface area contributed by atoms with Crippen LogP contribution in [0, 0.1) is 0 Å². The molecule has 0 aliphatic carbocycles. The largest absolute Gasteiger partial charge is 0.380 e. The predicted molar refractivity (Wildman–Crippen MR) is 45.6 cm³/mol. The van der Waals surface area contributed by atoms with Crippen molar-refractivity contribution in [3.63, 3.8) is 0 Å². The summed E-state index contributed by atoms with van der Waals surface area (Å²) in [5.41, 5.74) is 5.18. The van der Waals surface area contributed by atoms with E-state index in [1.54, 1.807) is 0 Å². The van der Waals surface area contributed by atoms with Crippen LogP contribution in [-0.2, 0) is 9.53 Å². The van der Waals surface area contributed by atoms with Gasteiger partial charge in [-0.25, -0.2) is 0 Å². The van der Waals surface area contributed by atoms with Gasteiger partial charge < -0.3 is 15.8 Å². The highest BCUT2D eigenvalue weighted by atomic mass is 16.5. The van der Waals surface area contributed by atoms with E-state index in [4.69, 9.17) is 10.5 Å². The van der Waals surface area contributed by atoms with Gasteiger partial charge in [0.25, 0.3) is 0 Å². The Morgan fingerprint density at radius 1 is 1.83 bits per heavy atom. The molecule has 4 heteroatoms. The molecule has 0 radical (unpaired) electrons. The van der Waals surface area contributed by atoms with Crippen LogP contribution in [0.25, 0.3) is 0 Å². The molecule has 4 nitrogen and oxygen atoms in total. The van der Waals surface area contributed by atoms with Crippen molar-refractivity contribution in [1.82, 2.24) is 5.32 Å². The van der Waals surface area contributed by atoms with Crippen molar-refractivity contribution in [3.8, 4) is 0 Å². The van der Waals surface area contributed by atoms with Crippen molar-refractivity contribution >= 4 is 5.91 Å². The molecule has 1 fully saturated rings. The van der Waals surface area contributed by atoms with Crippen molar-refractivity contribution in [1.29, 1.82) is 0 Å². The molecule has 2 atom stereocenters. The van der Waals surface area contributed by atoms with Gasteiger partial charge in [-0.05, 0) is 12.8 Å². The summed E-state index contributed by atoms with van der Waals surface area (Å²) in [5, 5.41) is 3.17. The Bertz CT molecular complexity index is 155. The molecule has 1 saturated heterocycles. The molecule has 1 amide bonds. The van der Waals surface area contributed by atoms with Crippen LogP contribution in [0.1, 0.15) is 19.8 Å². The number of amides is 1. The van der Waals surface area contributed by atoms with Crippen molar-refractivity contribution in [2.24, 2.45) is 5.73 Å². The third kappa shape index (κ3) is 2.46. The van der Waals surface area contributed by atoms with Crippen LogP contribution in [0.5, 0.6) is 0 Å². The second-order valence-corrected chi connectivity index (χ2v) is 3.09. The minimum atomic E-state index is -0.274. The highest BCUT2D eigenvalue weighted by Crippen LogP contribution is 2.05. The Kier molecular flexibility index (Phi) is 3.49.